The van der Waals surface area contributed by atoms with Crippen molar-refractivity contribution in [2.45, 2.75) is 19.4 Å². The van der Waals surface area contributed by atoms with Crippen LogP contribution in [0.15, 0.2) is 18.2 Å². The van der Waals surface area contributed by atoms with E-state index in [0.29, 0.717) is 5.56 Å². The maximum Gasteiger partial charge on any atom is 0.144 e. The normalized spacial score (nSPS) is 16.7. The predicted molar refractivity (Wildman–Crippen MR) is 76.6 cm³/mol. The summed E-state index contributed by atoms with van der Waals surface area (Å²) in [7, 11) is 4.15. The summed E-state index contributed by atoms with van der Waals surface area (Å²) < 4.78 is 5.99. The second-order valence-corrected chi connectivity index (χ2v) is 5.88. The number of ether oxygens (including phenoxy) is 1. The number of hydrogen-bond donors (Lipinski definition) is 0. The molecule has 102 valence electrons. The Morgan fingerprint density at radius 1 is 1.42 bits per heavy atom. The molecule has 2 rings (SSSR count). The number of nitriles is 1. The van der Waals surface area contributed by atoms with E-state index in [-0.39, 0.29) is 5.60 Å². The van der Waals surface area contributed by atoms with E-state index in [4.69, 9.17) is 10.00 Å². The Bertz CT molecular complexity index is 503. The maximum absolute atomic E-state index is 8.99. The first-order chi connectivity index (χ1) is 8.91. The van der Waals surface area contributed by atoms with Crippen LogP contribution in [-0.4, -0.2) is 44.2 Å². The van der Waals surface area contributed by atoms with Crippen LogP contribution in [-0.2, 0) is 0 Å². The van der Waals surface area contributed by atoms with Crippen LogP contribution in [0, 0.1) is 11.3 Å². The molecule has 0 radical (unpaired) electrons. The van der Waals surface area contributed by atoms with Gasteiger partial charge in [-0.2, -0.15) is 5.26 Å². The Morgan fingerprint density at radius 2 is 2.16 bits per heavy atom. The molecule has 0 aromatic heterocycles. The molecule has 0 amide bonds. The summed E-state index contributed by atoms with van der Waals surface area (Å²) in [6.07, 6.45) is 0. The molecule has 0 saturated carbocycles. The summed E-state index contributed by atoms with van der Waals surface area (Å²) in [4.78, 5) is 4.51. The summed E-state index contributed by atoms with van der Waals surface area (Å²) in [6, 6.07) is 7.83. The van der Waals surface area contributed by atoms with E-state index in [2.05, 4.69) is 43.8 Å². The fourth-order valence-corrected chi connectivity index (χ4v) is 2.32. The number of fused-ring (bicyclic) bond motifs is 1. The number of benzene rings is 1. The highest BCUT2D eigenvalue weighted by atomic mass is 16.5. The molecular formula is C15H21N3O. The third kappa shape index (κ3) is 3.18. The molecule has 0 unspecified atom stereocenters. The van der Waals surface area contributed by atoms with Gasteiger partial charge >= 0.3 is 0 Å². The molecule has 0 aliphatic carbocycles. The lowest BCUT2D eigenvalue weighted by molar-refractivity contribution is 0.104. The van der Waals surface area contributed by atoms with Crippen molar-refractivity contribution in [3.63, 3.8) is 0 Å². The van der Waals surface area contributed by atoms with Crippen LogP contribution >= 0.6 is 0 Å². The number of nitrogens with zero attached hydrogens (tertiary/aromatic N) is 3. The first-order valence-corrected chi connectivity index (χ1v) is 6.54. The zero-order chi connectivity index (χ0) is 14.0. The van der Waals surface area contributed by atoms with Gasteiger partial charge in [-0.3, -0.25) is 0 Å². The van der Waals surface area contributed by atoms with Gasteiger partial charge in [0.2, 0.25) is 0 Å². The lowest BCUT2D eigenvalue weighted by Gasteiger charge is -2.41. The fourth-order valence-electron chi connectivity index (χ4n) is 2.32. The van der Waals surface area contributed by atoms with Crippen LogP contribution < -0.4 is 9.64 Å². The molecule has 1 aromatic carbocycles. The molecule has 19 heavy (non-hydrogen) atoms. The molecular weight excluding hydrogens is 238 g/mol. The average molecular weight is 259 g/mol. The minimum absolute atomic E-state index is 0.229. The minimum atomic E-state index is -0.229. The maximum atomic E-state index is 8.99. The zero-order valence-electron chi connectivity index (χ0n) is 12.1. The van der Waals surface area contributed by atoms with Gasteiger partial charge < -0.3 is 14.5 Å². The van der Waals surface area contributed by atoms with Gasteiger partial charge in [-0.15, -0.1) is 0 Å². The van der Waals surface area contributed by atoms with Crippen molar-refractivity contribution in [1.82, 2.24) is 4.90 Å². The predicted octanol–water partition coefficient (Wildman–Crippen LogP) is 2.10. The standard InChI is InChI=1S/C15H21N3O/c1-15(2)11-18(8-7-17(3)4)13-6-5-12(10-16)9-14(13)19-15/h5-6,9H,7-8,11H2,1-4H3. The molecule has 0 saturated heterocycles. The van der Waals surface area contributed by atoms with Gasteiger partial charge in [0.25, 0.3) is 0 Å². The average Bonchev–Trinajstić information content (AvgIpc) is 2.33. The van der Waals surface area contributed by atoms with Crippen LogP contribution in [0.3, 0.4) is 0 Å². The van der Waals surface area contributed by atoms with Crippen molar-refractivity contribution in [1.29, 1.82) is 5.26 Å². The first-order valence-electron chi connectivity index (χ1n) is 6.54. The third-order valence-corrected chi connectivity index (χ3v) is 3.20. The van der Waals surface area contributed by atoms with E-state index in [0.717, 1.165) is 31.1 Å². The molecule has 1 aliphatic heterocycles. The Labute approximate surface area is 115 Å². The molecule has 4 nitrogen and oxygen atoms in total. The SMILES string of the molecule is CN(C)CCN1CC(C)(C)Oc2cc(C#N)ccc21. The number of likely N-dealkylation sites (N-methyl/N-ethyl adjacent to an activating group) is 1. The van der Waals surface area contributed by atoms with Crippen LogP contribution in [0.4, 0.5) is 5.69 Å². The van der Waals surface area contributed by atoms with Crippen LogP contribution in [0.25, 0.3) is 0 Å². The summed E-state index contributed by atoms with van der Waals surface area (Å²) in [5, 5.41) is 8.99. The highest BCUT2D eigenvalue weighted by Gasteiger charge is 2.31. The van der Waals surface area contributed by atoms with Crippen molar-refractivity contribution in [3.05, 3.63) is 23.8 Å². The summed E-state index contributed by atoms with van der Waals surface area (Å²) in [6.45, 7) is 6.98. The highest BCUT2D eigenvalue weighted by Crippen LogP contribution is 2.37. The monoisotopic (exact) mass is 259 g/mol. The van der Waals surface area contributed by atoms with Crippen LogP contribution in [0.1, 0.15) is 19.4 Å². The van der Waals surface area contributed by atoms with Crippen molar-refractivity contribution < 1.29 is 4.74 Å². The molecule has 0 spiro atoms. The zero-order valence-corrected chi connectivity index (χ0v) is 12.1. The van der Waals surface area contributed by atoms with Crippen molar-refractivity contribution in [3.8, 4) is 11.8 Å². The van der Waals surface area contributed by atoms with E-state index < -0.39 is 0 Å². The second kappa shape index (κ2) is 5.10. The molecule has 0 atom stereocenters. The highest BCUT2D eigenvalue weighted by molar-refractivity contribution is 5.63. The van der Waals surface area contributed by atoms with Gasteiger partial charge in [0.05, 0.1) is 23.9 Å². The molecule has 1 aromatic rings. The lowest BCUT2D eigenvalue weighted by atomic mass is 10.0. The van der Waals surface area contributed by atoms with Gasteiger partial charge in [0, 0.05) is 19.2 Å². The van der Waals surface area contributed by atoms with Crippen LogP contribution in [0.5, 0.6) is 5.75 Å². The van der Waals surface area contributed by atoms with Crippen molar-refractivity contribution in [2.75, 3.05) is 38.6 Å². The van der Waals surface area contributed by atoms with Gasteiger partial charge in [0.1, 0.15) is 11.4 Å². The number of rotatable bonds is 3. The Morgan fingerprint density at radius 3 is 2.79 bits per heavy atom. The largest absolute Gasteiger partial charge is 0.484 e. The number of anilines is 1. The van der Waals surface area contributed by atoms with Gasteiger partial charge in [0.15, 0.2) is 0 Å². The van der Waals surface area contributed by atoms with Crippen molar-refractivity contribution >= 4 is 5.69 Å². The molecule has 0 N–H and O–H groups in total. The molecule has 1 heterocycles. The Hall–Kier alpha value is -1.73. The van der Waals surface area contributed by atoms with E-state index in [1.807, 2.05) is 18.2 Å². The lowest BCUT2D eigenvalue weighted by Crippen LogP contribution is -2.48. The molecule has 0 bridgehead atoms. The molecule has 4 heteroatoms. The fraction of sp³-hybridized carbons (Fsp3) is 0.533. The quantitative estimate of drug-likeness (QED) is 0.833. The van der Waals surface area contributed by atoms with Crippen LogP contribution in [0.2, 0.25) is 0 Å². The minimum Gasteiger partial charge on any atom is -0.484 e. The summed E-state index contributed by atoms with van der Waals surface area (Å²) in [5.74, 6) is 0.814. The van der Waals surface area contributed by atoms with Gasteiger partial charge in [-0.25, -0.2) is 0 Å². The summed E-state index contributed by atoms with van der Waals surface area (Å²) in [5.41, 5.74) is 1.50. The van der Waals surface area contributed by atoms with Gasteiger partial charge in [-0.05, 0) is 40.1 Å². The van der Waals surface area contributed by atoms with E-state index in [1.165, 1.54) is 0 Å². The molecule has 0 fully saturated rings. The topological polar surface area (TPSA) is 39.5 Å². The van der Waals surface area contributed by atoms with Gasteiger partial charge in [-0.1, -0.05) is 0 Å². The van der Waals surface area contributed by atoms with E-state index in [9.17, 15) is 0 Å². The Balaban J connectivity index is 2.30. The van der Waals surface area contributed by atoms with E-state index in [1.54, 1.807) is 0 Å². The Kier molecular flexibility index (Phi) is 3.68. The summed E-state index contributed by atoms with van der Waals surface area (Å²) >= 11 is 0. The van der Waals surface area contributed by atoms with E-state index >= 15 is 0 Å². The molecule has 1 aliphatic rings. The number of hydrogen-bond acceptors (Lipinski definition) is 4. The third-order valence-electron chi connectivity index (χ3n) is 3.20. The second-order valence-electron chi connectivity index (χ2n) is 5.88. The van der Waals surface area contributed by atoms with Crippen molar-refractivity contribution in [2.24, 2.45) is 0 Å². The first kappa shape index (κ1) is 13.7. The smallest absolute Gasteiger partial charge is 0.144 e.